The molecular weight excluding hydrogens is 416 g/mol. The lowest BCUT2D eigenvalue weighted by Gasteiger charge is -2.16. The smallest absolute Gasteiger partial charge is 0.232 e. The number of carbonyl (C=O) groups excluding carboxylic acids is 1. The molecule has 0 radical (unpaired) electrons. The van der Waals surface area contributed by atoms with Crippen LogP contribution < -0.4 is 4.74 Å². The molecule has 7 heteroatoms. The van der Waals surface area contributed by atoms with Crippen LogP contribution in [0.5, 0.6) is 5.75 Å². The lowest BCUT2D eigenvalue weighted by Crippen LogP contribution is -2.29. The van der Waals surface area contributed by atoms with E-state index in [1.807, 2.05) is 41.4 Å². The van der Waals surface area contributed by atoms with Gasteiger partial charge in [0, 0.05) is 43.7 Å². The topological polar surface area (TPSA) is 81.4 Å². The highest BCUT2D eigenvalue weighted by Crippen LogP contribution is 2.40. The van der Waals surface area contributed by atoms with Gasteiger partial charge in [-0.15, -0.1) is 0 Å². The van der Waals surface area contributed by atoms with Crippen LogP contribution in [-0.2, 0) is 11.2 Å². The van der Waals surface area contributed by atoms with Gasteiger partial charge in [-0.25, -0.2) is 0 Å². The normalized spacial score (nSPS) is 20.9. The number of aryl methyl sites for hydroxylation is 1. The summed E-state index contributed by atoms with van der Waals surface area (Å²) < 4.78 is 11.0. The third-order valence-corrected chi connectivity index (χ3v) is 7.07. The van der Waals surface area contributed by atoms with Crippen LogP contribution in [0.15, 0.2) is 53.3 Å². The predicted molar refractivity (Wildman–Crippen MR) is 123 cm³/mol. The number of aromatic nitrogens is 3. The lowest BCUT2D eigenvalue weighted by atomic mass is 9.90. The summed E-state index contributed by atoms with van der Waals surface area (Å²) in [5.41, 5.74) is 2.23. The maximum Gasteiger partial charge on any atom is 0.232 e. The zero-order valence-corrected chi connectivity index (χ0v) is 19.0. The molecule has 0 N–H and O–H groups in total. The van der Waals surface area contributed by atoms with Crippen LogP contribution in [0.25, 0.3) is 0 Å². The molecule has 2 aromatic heterocycles. The Hall–Kier alpha value is -3.22. The average Bonchev–Trinajstić information content (AvgIpc) is 3.63. The van der Waals surface area contributed by atoms with Gasteiger partial charge in [-0.3, -0.25) is 9.78 Å². The molecule has 1 aliphatic carbocycles. The number of benzene rings is 1. The van der Waals surface area contributed by atoms with Gasteiger partial charge in [0.1, 0.15) is 5.75 Å². The molecule has 2 aliphatic rings. The molecule has 1 aromatic carbocycles. The number of carbonyl (C=O) groups is 1. The van der Waals surface area contributed by atoms with Gasteiger partial charge in [-0.1, -0.05) is 36.2 Å². The van der Waals surface area contributed by atoms with Crippen molar-refractivity contribution in [1.29, 1.82) is 0 Å². The number of hydrogen-bond donors (Lipinski definition) is 0. The minimum atomic E-state index is -0.0122. The molecule has 7 nitrogen and oxygen atoms in total. The first-order chi connectivity index (χ1) is 16.2. The van der Waals surface area contributed by atoms with Crippen LogP contribution in [0.2, 0.25) is 0 Å². The average molecular weight is 447 g/mol. The first kappa shape index (κ1) is 21.6. The van der Waals surface area contributed by atoms with Crippen LogP contribution in [0, 0.1) is 0 Å². The van der Waals surface area contributed by atoms with Crippen molar-refractivity contribution < 1.29 is 14.1 Å². The van der Waals surface area contributed by atoms with Gasteiger partial charge in [0.05, 0.1) is 13.0 Å². The van der Waals surface area contributed by atoms with Crippen molar-refractivity contribution in [2.24, 2.45) is 0 Å². The largest absolute Gasteiger partial charge is 0.497 e. The molecule has 33 heavy (non-hydrogen) atoms. The number of amides is 1. The Labute approximate surface area is 194 Å². The Kier molecular flexibility index (Phi) is 6.37. The number of methoxy groups -OCH3 is 1. The number of pyridine rings is 1. The third kappa shape index (κ3) is 4.77. The third-order valence-electron chi connectivity index (χ3n) is 7.07. The molecule has 2 atom stereocenters. The maximum atomic E-state index is 13.1. The van der Waals surface area contributed by atoms with Gasteiger partial charge in [-0.2, -0.15) is 4.98 Å². The van der Waals surface area contributed by atoms with E-state index in [2.05, 4.69) is 16.2 Å². The van der Waals surface area contributed by atoms with Gasteiger partial charge in [0.15, 0.2) is 5.82 Å². The summed E-state index contributed by atoms with van der Waals surface area (Å²) in [7, 11) is 1.65. The van der Waals surface area contributed by atoms with E-state index in [0.29, 0.717) is 37.7 Å². The summed E-state index contributed by atoms with van der Waals surface area (Å²) in [6.45, 7) is 1.23. The van der Waals surface area contributed by atoms with Gasteiger partial charge < -0.3 is 14.2 Å². The zero-order valence-electron chi connectivity index (χ0n) is 19.0. The number of hydrogen-bond acceptors (Lipinski definition) is 6. The van der Waals surface area contributed by atoms with Gasteiger partial charge >= 0.3 is 0 Å². The van der Waals surface area contributed by atoms with Crippen molar-refractivity contribution in [2.45, 2.75) is 56.3 Å². The molecule has 1 amide bonds. The van der Waals surface area contributed by atoms with Crippen LogP contribution in [0.4, 0.5) is 0 Å². The summed E-state index contributed by atoms with van der Waals surface area (Å²) >= 11 is 0. The second-order valence-corrected chi connectivity index (χ2v) is 9.12. The fourth-order valence-electron chi connectivity index (χ4n) is 5.14. The van der Waals surface area contributed by atoms with E-state index in [0.717, 1.165) is 35.5 Å². The summed E-state index contributed by atoms with van der Waals surface area (Å²) in [6.07, 6.45) is 9.55. The van der Waals surface area contributed by atoms with E-state index in [9.17, 15) is 4.79 Å². The Bertz CT molecular complexity index is 1060. The molecule has 172 valence electrons. The first-order valence-electron chi connectivity index (χ1n) is 11.9. The minimum Gasteiger partial charge on any atom is -0.497 e. The first-order valence-corrected chi connectivity index (χ1v) is 11.9. The van der Waals surface area contributed by atoms with Crippen molar-refractivity contribution in [3.8, 4) is 5.75 Å². The van der Waals surface area contributed by atoms with Crippen molar-refractivity contribution in [1.82, 2.24) is 20.0 Å². The molecular formula is C26H30N4O3. The van der Waals surface area contributed by atoms with Gasteiger partial charge in [0.2, 0.25) is 11.8 Å². The molecule has 3 aromatic rings. The molecule has 2 fully saturated rings. The number of rotatable bonds is 7. The standard InChI is InChI=1S/C26H30N4O3/c1-32-21-11-8-18(9-12-21)10-13-24(31)30-16-22(20-7-4-14-27-15-20)23(17-30)26-28-25(29-33-26)19-5-2-3-6-19/h4,7-9,11-12,14-15,19,22-23H,2-3,5-6,10,13,16-17H2,1H3/t22-,23+/m0/s1. The van der Waals surface area contributed by atoms with E-state index in [1.54, 1.807) is 13.3 Å². The quantitative estimate of drug-likeness (QED) is 0.533. The van der Waals surface area contributed by atoms with Crippen molar-refractivity contribution in [3.63, 3.8) is 0 Å². The molecule has 5 rings (SSSR count). The Morgan fingerprint density at radius 3 is 2.64 bits per heavy atom. The number of ether oxygens (including phenoxy) is 1. The predicted octanol–water partition coefficient (Wildman–Crippen LogP) is 4.47. The van der Waals surface area contributed by atoms with E-state index >= 15 is 0 Å². The van der Waals surface area contributed by atoms with Crippen LogP contribution >= 0.6 is 0 Å². The molecule has 1 saturated carbocycles. The zero-order chi connectivity index (χ0) is 22.6. The molecule has 0 spiro atoms. The van der Waals surface area contributed by atoms with Crippen LogP contribution in [0.1, 0.15) is 72.7 Å². The van der Waals surface area contributed by atoms with E-state index in [4.69, 9.17) is 14.2 Å². The van der Waals surface area contributed by atoms with E-state index in [1.165, 1.54) is 12.8 Å². The summed E-state index contributed by atoms with van der Waals surface area (Å²) in [4.78, 5) is 24.2. The Morgan fingerprint density at radius 1 is 1.12 bits per heavy atom. The van der Waals surface area contributed by atoms with E-state index in [-0.39, 0.29) is 17.7 Å². The van der Waals surface area contributed by atoms with Gasteiger partial charge in [-0.05, 0) is 48.6 Å². The second-order valence-electron chi connectivity index (χ2n) is 9.12. The fraction of sp³-hybridized carbons (Fsp3) is 0.462. The highest BCUT2D eigenvalue weighted by molar-refractivity contribution is 5.77. The maximum absolute atomic E-state index is 13.1. The minimum absolute atomic E-state index is 0.0122. The van der Waals surface area contributed by atoms with E-state index < -0.39 is 0 Å². The molecule has 0 bridgehead atoms. The highest BCUT2D eigenvalue weighted by Gasteiger charge is 2.40. The SMILES string of the molecule is COc1ccc(CCC(=O)N2C[C@@H](c3cccnc3)[C@H](c3nc(C4CCCC4)no3)C2)cc1. The summed E-state index contributed by atoms with van der Waals surface area (Å²) in [5.74, 6) is 2.94. The van der Waals surface area contributed by atoms with Crippen molar-refractivity contribution >= 4 is 5.91 Å². The number of likely N-dealkylation sites (tertiary alicyclic amines) is 1. The lowest BCUT2D eigenvalue weighted by molar-refractivity contribution is -0.130. The second kappa shape index (κ2) is 9.73. The fourth-order valence-corrected chi connectivity index (χ4v) is 5.14. The highest BCUT2D eigenvalue weighted by atomic mass is 16.5. The summed E-state index contributed by atoms with van der Waals surface area (Å²) in [5, 5.41) is 4.32. The van der Waals surface area contributed by atoms with Crippen LogP contribution in [-0.4, -0.2) is 46.1 Å². The van der Waals surface area contributed by atoms with Crippen LogP contribution in [0.3, 0.4) is 0 Å². The molecule has 0 unspecified atom stereocenters. The van der Waals surface area contributed by atoms with Gasteiger partial charge in [0.25, 0.3) is 0 Å². The Balaban J connectivity index is 1.30. The summed E-state index contributed by atoms with van der Waals surface area (Å²) in [6, 6.07) is 11.9. The number of nitrogens with zero attached hydrogens (tertiary/aromatic N) is 4. The molecule has 1 saturated heterocycles. The monoisotopic (exact) mass is 446 g/mol. The molecule has 3 heterocycles. The molecule has 1 aliphatic heterocycles. The Morgan fingerprint density at radius 2 is 1.91 bits per heavy atom. The van der Waals surface area contributed by atoms with Crippen molar-refractivity contribution in [3.05, 3.63) is 71.6 Å². The van der Waals surface area contributed by atoms with Crippen molar-refractivity contribution in [2.75, 3.05) is 20.2 Å².